The molecule has 31 heavy (non-hydrogen) atoms. The zero-order valence-corrected chi connectivity index (χ0v) is 18.5. The maximum Gasteiger partial charge on any atom is 0.344 e. The summed E-state index contributed by atoms with van der Waals surface area (Å²) in [4.78, 5) is 37.9. The molecule has 1 aliphatic heterocycles. The van der Waals surface area contributed by atoms with Crippen LogP contribution in [0.5, 0.6) is 5.75 Å². The summed E-state index contributed by atoms with van der Waals surface area (Å²) in [6.45, 7) is 1.75. The van der Waals surface area contributed by atoms with Crippen LogP contribution < -0.4 is 15.0 Å². The van der Waals surface area contributed by atoms with Gasteiger partial charge in [0.15, 0.2) is 11.7 Å². The van der Waals surface area contributed by atoms with Gasteiger partial charge in [0, 0.05) is 0 Å². The third-order valence-electron chi connectivity index (χ3n) is 4.13. The minimum atomic E-state index is -0.638. The topological polar surface area (TPSA) is 84.9 Å². The Morgan fingerprint density at radius 1 is 1.16 bits per heavy atom. The molecule has 0 aromatic heterocycles. The highest BCUT2D eigenvalue weighted by Crippen LogP contribution is 2.34. The van der Waals surface area contributed by atoms with Crippen molar-refractivity contribution in [3.63, 3.8) is 0 Å². The van der Waals surface area contributed by atoms with E-state index in [4.69, 9.17) is 44.9 Å². The van der Waals surface area contributed by atoms with Gasteiger partial charge in [-0.3, -0.25) is 19.8 Å². The van der Waals surface area contributed by atoms with Crippen LogP contribution >= 0.6 is 35.4 Å². The summed E-state index contributed by atoms with van der Waals surface area (Å²) >= 11 is 17.4. The van der Waals surface area contributed by atoms with Crippen molar-refractivity contribution in [3.8, 4) is 5.75 Å². The Balaban J connectivity index is 1.83. The number of rotatable bonds is 6. The minimum Gasteiger partial charge on any atom is -0.482 e. The number of nitrogens with zero attached hydrogens (tertiary/aromatic N) is 1. The SMILES string of the molecule is CCOC(=O)COc1ccc(/C=C2/C(=O)NC(=S)N(c3cccc(Cl)c3Cl)C2=O)cc1. The molecule has 0 unspecified atom stereocenters. The van der Waals surface area contributed by atoms with E-state index in [1.807, 2.05) is 0 Å². The second kappa shape index (κ2) is 9.91. The largest absolute Gasteiger partial charge is 0.482 e. The van der Waals surface area contributed by atoms with E-state index >= 15 is 0 Å². The van der Waals surface area contributed by atoms with Gasteiger partial charge in [0.05, 0.1) is 22.3 Å². The third-order valence-corrected chi connectivity index (χ3v) is 5.22. The molecule has 1 fully saturated rings. The molecule has 2 aromatic rings. The summed E-state index contributed by atoms with van der Waals surface area (Å²) in [5.74, 6) is -1.32. The van der Waals surface area contributed by atoms with E-state index in [0.717, 1.165) is 4.90 Å². The van der Waals surface area contributed by atoms with Crippen molar-refractivity contribution in [2.45, 2.75) is 6.92 Å². The first-order chi connectivity index (χ1) is 14.8. The van der Waals surface area contributed by atoms with Crippen molar-refractivity contribution < 1.29 is 23.9 Å². The van der Waals surface area contributed by atoms with E-state index in [1.54, 1.807) is 49.4 Å². The fourth-order valence-electron chi connectivity index (χ4n) is 2.71. The Morgan fingerprint density at radius 3 is 2.55 bits per heavy atom. The summed E-state index contributed by atoms with van der Waals surface area (Å²) in [6, 6.07) is 11.2. The number of ether oxygens (including phenoxy) is 2. The summed E-state index contributed by atoms with van der Waals surface area (Å²) in [5, 5.41) is 2.77. The molecule has 0 bridgehead atoms. The lowest BCUT2D eigenvalue weighted by atomic mass is 10.1. The number of anilines is 1. The first-order valence-electron chi connectivity index (χ1n) is 9.05. The molecule has 7 nitrogen and oxygen atoms in total. The van der Waals surface area contributed by atoms with Gasteiger partial charge in [-0.25, -0.2) is 4.79 Å². The molecular weight excluding hydrogens is 463 g/mol. The van der Waals surface area contributed by atoms with Crippen molar-refractivity contribution >= 4 is 70.1 Å². The molecule has 10 heteroatoms. The quantitative estimate of drug-likeness (QED) is 0.294. The molecule has 0 saturated carbocycles. The van der Waals surface area contributed by atoms with Crippen molar-refractivity contribution in [2.75, 3.05) is 18.1 Å². The van der Waals surface area contributed by atoms with Crippen molar-refractivity contribution in [1.82, 2.24) is 5.32 Å². The normalized spacial score (nSPS) is 15.1. The lowest BCUT2D eigenvalue weighted by Crippen LogP contribution is -2.54. The van der Waals surface area contributed by atoms with Crippen LogP contribution in [-0.4, -0.2) is 36.1 Å². The lowest BCUT2D eigenvalue weighted by molar-refractivity contribution is -0.145. The molecule has 2 amide bonds. The number of carbonyl (C=O) groups excluding carboxylic acids is 3. The van der Waals surface area contributed by atoms with Gasteiger partial charge in [-0.05, 0) is 55.0 Å². The van der Waals surface area contributed by atoms with Crippen LogP contribution in [0.3, 0.4) is 0 Å². The van der Waals surface area contributed by atoms with Gasteiger partial charge < -0.3 is 9.47 Å². The first kappa shape index (κ1) is 22.7. The standard InChI is InChI=1S/C21H16Cl2N2O5S/c1-2-29-17(26)11-30-13-8-6-12(7-9-13)10-14-19(27)24-21(31)25(20(14)28)16-5-3-4-15(22)18(16)23/h3-10H,2,11H2,1H3,(H,24,27,31)/b14-10-. The van der Waals surface area contributed by atoms with E-state index in [2.05, 4.69) is 5.32 Å². The van der Waals surface area contributed by atoms with Crippen LogP contribution in [0.25, 0.3) is 6.08 Å². The van der Waals surface area contributed by atoms with Crippen LogP contribution in [0.2, 0.25) is 10.0 Å². The number of thiocarbonyl (C=S) groups is 1. The number of benzene rings is 2. The summed E-state index contributed by atoms with van der Waals surface area (Å²) in [7, 11) is 0. The minimum absolute atomic E-state index is 0.0981. The van der Waals surface area contributed by atoms with E-state index in [-0.39, 0.29) is 39.6 Å². The highest BCUT2D eigenvalue weighted by molar-refractivity contribution is 7.80. The monoisotopic (exact) mass is 478 g/mol. The first-order valence-corrected chi connectivity index (χ1v) is 10.2. The number of carbonyl (C=O) groups is 3. The van der Waals surface area contributed by atoms with Crippen LogP contribution in [0.15, 0.2) is 48.0 Å². The number of hydrogen-bond donors (Lipinski definition) is 1. The van der Waals surface area contributed by atoms with Crippen LogP contribution in [0.1, 0.15) is 12.5 Å². The highest BCUT2D eigenvalue weighted by atomic mass is 35.5. The second-order valence-electron chi connectivity index (χ2n) is 6.19. The van der Waals surface area contributed by atoms with Gasteiger partial charge in [0.1, 0.15) is 11.3 Å². The van der Waals surface area contributed by atoms with Gasteiger partial charge >= 0.3 is 5.97 Å². The molecular formula is C21H16Cl2N2O5S. The number of nitrogens with one attached hydrogen (secondary N) is 1. The number of amides is 2. The van der Waals surface area contributed by atoms with Crippen molar-refractivity contribution in [3.05, 3.63) is 63.6 Å². The Bertz CT molecular complexity index is 1090. The van der Waals surface area contributed by atoms with E-state index in [0.29, 0.717) is 11.3 Å². The molecule has 0 atom stereocenters. The average Bonchev–Trinajstić information content (AvgIpc) is 2.73. The average molecular weight is 479 g/mol. The maximum absolute atomic E-state index is 13.1. The lowest BCUT2D eigenvalue weighted by Gasteiger charge is -2.29. The van der Waals surface area contributed by atoms with Gasteiger partial charge in [-0.1, -0.05) is 41.4 Å². The Kier molecular flexibility index (Phi) is 7.27. The van der Waals surface area contributed by atoms with E-state index < -0.39 is 17.8 Å². The van der Waals surface area contributed by atoms with Crippen LogP contribution in [-0.2, 0) is 19.1 Å². The zero-order chi connectivity index (χ0) is 22.5. The highest BCUT2D eigenvalue weighted by Gasteiger charge is 2.35. The molecule has 0 spiro atoms. The Labute approximate surface area is 193 Å². The van der Waals surface area contributed by atoms with Crippen molar-refractivity contribution in [1.29, 1.82) is 0 Å². The van der Waals surface area contributed by atoms with Gasteiger partial charge in [0.25, 0.3) is 11.8 Å². The number of halogens is 2. The number of hydrogen-bond acceptors (Lipinski definition) is 6. The maximum atomic E-state index is 13.1. The van der Waals surface area contributed by atoms with Gasteiger partial charge in [-0.15, -0.1) is 0 Å². The third kappa shape index (κ3) is 5.22. The molecule has 0 aliphatic carbocycles. The van der Waals surface area contributed by atoms with E-state index in [1.165, 1.54) is 6.08 Å². The van der Waals surface area contributed by atoms with E-state index in [9.17, 15) is 14.4 Å². The van der Waals surface area contributed by atoms with Gasteiger partial charge in [-0.2, -0.15) is 0 Å². The molecule has 1 saturated heterocycles. The number of esters is 1. The molecule has 160 valence electrons. The predicted octanol–water partition coefficient (Wildman–Crippen LogP) is 3.77. The molecule has 1 heterocycles. The van der Waals surface area contributed by atoms with Crippen molar-refractivity contribution in [2.24, 2.45) is 0 Å². The van der Waals surface area contributed by atoms with Crippen LogP contribution in [0, 0.1) is 0 Å². The second-order valence-corrected chi connectivity index (χ2v) is 7.37. The zero-order valence-electron chi connectivity index (χ0n) is 16.2. The summed E-state index contributed by atoms with van der Waals surface area (Å²) in [5.41, 5.74) is 0.689. The molecule has 3 rings (SSSR count). The molecule has 0 radical (unpaired) electrons. The van der Waals surface area contributed by atoms with Crippen LogP contribution in [0.4, 0.5) is 5.69 Å². The smallest absolute Gasteiger partial charge is 0.344 e. The van der Waals surface area contributed by atoms with Gasteiger partial charge in [0.2, 0.25) is 0 Å². The summed E-state index contributed by atoms with van der Waals surface area (Å²) in [6.07, 6.45) is 1.42. The molecule has 1 N–H and O–H groups in total. The fraction of sp³-hybridized carbons (Fsp3) is 0.143. The Morgan fingerprint density at radius 2 is 1.87 bits per heavy atom. The molecule has 2 aromatic carbocycles. The Hall–Kier alpha value is -2.94. The molecule has 1 aliphatic rings. The fourth-order valence-corrected chi connectivity index (χ4v) is 3.37. The summed E-state index contributed by atoms with van der Waals surface area (Å²) < 4.78 is 10.1. The predicted molar refractivity (Wildman–Crippen MR) is 121 cm³/mol.